The average Bonchev–Trinajstić information content (AvgIpc) is 2.88. The highest BCUT2D eigenvalue weighted by Crippen LogP contribution is 2.38. The number of likely N-dealkylation sites (tertiary alicyclic amines) is 1. The number of anilines is 3. The Hall–Kier alpha value is -2.85. The zero-order valence-electron chi connectivity index (χ0n) is 23.1. The van der Waals surface area contributed by atoms with Gasteiger partial charge < -0.3 is 30.5 Å². The van der Waals surface area contributed by atoms with Crippen LogP contribution in [0.15, 0.2) is 35.1 Å². The van der Waals surface area contributed by atoms with Crippen LogP contribution in [0.1, 0.15) is 54.8 Å². The van der Waals surface area contributed by atoms with E-state index < -0.39 is 0 Å². The molecule has 1 aromatic carbocycles. The number of carbonyl (C=O) groups is 2. The van der Waals surface area contributed by atoms with Gasteiger partial charge in [-0.25, -0.2) is 0 Å². The van der Waals surface area contributed by atoms with Gasteiger partial charge in [0.2, 0.25) is 0 Å². The summed E-state index contributed by atoms with van der Waals surface area (Å²) in [5.41, 5.74) is 3.41. The molecule has 9 nitrogen and oxygen atoms in total. The van der Waals surface area contributed by atoms with Crippen LogP contribution in [0, 0.1) is 5.41 Å². The average molecular weight is 588 g/mol. The highest BCUT2D eigenvalue weighted by molar-refractivity contribution is 9.10. The Bertz CT molecular complexity index is 1180. The number of halogens is 1. The van der Waals surface area contributed by atoms with Gasteiger partial charge >= 0.3 is 0 Å². The van der Waals surface area contributed by atoms with Crippen molar-refractivity contribution in [3.63, 3.8) is 0 Å². The maximum Gasteiger partial charge on any atom is 0.256 e. The number of amides is 2. The van der Waals surface area contributed by atoms with E-state index in [0.29, 0.717) is 37.3 Å². The van der Waals surface area contributed by atoms with Crippen molar-refractivity contribution in [3.05, 3.63) is 46.2 Å². The minimum Gasteiger partial charge on any atom is -0.387 e. The number of nitrogens with zero attached hydrogens (tertiary/aromatic N) is 3. The van der Waals surface area contributed by atoms with Crippen molar-refractivity contribution in [1.29, 1.82) is 0 Å². The second kappa shape index (κ2) is 11.5. The van der Waals surface area contributed by atoms with Crippen molar-refractivity contribution in [2.75, 3.05) is 56.2 Å². The number of hydrogen-bond acceptors (Lipinski definition) is 7. The predicted molar refractivity (Wildman–Crippen MR) is 155 cm³/mol. The Labute approximate surface area is 233 Å². The molecule has 2 aliphatic rings. The fraction of sp³-hybridized carbons (Fsp3) is 0.536. The van der Waals surface area contributed by atoms with E-state index in [1.807, 2.05) is 55.9 Å². The summed E-state index contributed by atoms with van der Waals surface area (Å²) in [6, 6.07) is 5.59. The zero-order valence-corrected chi connectivity index (χ0v) is 24.7. The van der Waals surface area contributed by atoms with E-state index in [4.69, 9.17) is 4.74 Å². The Morgan fingerprint density at radius 2 is 1.71 bits per heavy atom. The smallest absolute Gasteiger partial charge is 0.256 e. The Balaban J connectivity index is 1.64. The maximum atomic E-state index is 13.9. The lowest BCUT2D eigenvalue weighted by Gasteiger charge is -2.45. The van der Waals surface area contributed by atoms with Crippen LogP contribution in [0.3, 0.4) is 0 Å². The molecule has 3 heterocycles. The first-order valence-corrected chi connectivity index (χ1v) is 14.0. The van der Waals surface area contributed by atoms with Crippen molar-refractivity contribution in [1.82, 2.24) is 14.8 Å². The molecule has 3 N–H and O–H groups in total. The third-order valence-electron chi connectivity index (χ3n) is 7.56. The lowest BCUT2D eigenvalue weighted by atomic mass is 9.77. The summed E-state index contributed by atoms with van der Waals surface area (Å²) >= 11 is 3.59. The summed E-state index contributed by atoms with van der Waals surface area (Å²) in [7, 11) is 3.66. The van der Waals surface area contributed by atoms with E-state index in [-0.39, 0.29) is 35.5 Å². The van der Waals surface area contributed by atoms with Gasteiger partial charge in [0.15, 0.2) is 0 Å². The normalized spacial score (nSPS) is 23.1. The molecule has 2 saturated heterocycles. The minimum atomic E-state index is -0.109. The van der Waals surface area contributed by atoms with E-state index in [2.05, 4.69) is 50.7 Å². The second-order valence-electron chi connectivity index (χ2n) is 11.0. The lowest BCUT2D eigenvalue weighted by Crippen LogP contribution is -2.54. The molecule has 0 radical (unpaired) electrons. The molecule has 3 atom stereocenters. The Kier molecular flexibility index (Phi) is 8.52. The summed E-state index contributed by atoms with van der Waals surface area (Å²) in [6.07, 6.45) is 4.08. The maximum absolute atomic E-state index is 13.9. The number of piperidine rings is 1. The quantitative estimate of drug-likeness (QED) is 0.457. The fourth-order valence-corrected chi connectivity index (χ4v) is 5.73. The molecule has 206 valence electrons. The molecular weight excluding hydrogens is 548 g/mol. The molecule has 2 amide bonds. The number of rotatable bonds is 6. The van der Waals surface area contributed by atoms with Crippen LogP contribution in [-0.2, 0) is 4.74 Å². The summed E-state index contributed by atoms with van der Waals surface area (Å²) in [5.74, 6) is -0.0852. The number of ether oxygens (including phenoxy) is 1. The number of aromatic nitrogens is 1. The topological polar surface area (TPSA) is 98.8 Å². The molecule has 0 spiro atoms. The highest BCUT2D eigenvalue weighted by atomic mass is 79.9. The van der Waals surface area contributed by atoms with Gasteiger partial charge in [-0.3, -0.25) is 14.6 Å². The van der Waals surface area contributed by atoms with Crippen molar-refractivity contribution in [3.8, 4) is 0 Å². The molecule has 4 rings (SSSR count). The largest absolute Gasteiger partial charge is 0.387 e. The lowest BCUT2D eigenvalue weighted by molar-refractivity contribution is -0.0585. The van der Waals surface area contributed by atoms with E-state index in [1.165, 1.54) is 0 Å². The van der Waals surface area contributed by atoms with E-state index in [0.717, 1.165) is 28.0 Å². The third-order valence-corrected chi connectivity index (χ3v) is 8.02. The number of morpholine rings is 1. The number of pyridine rings is 1. The molecule has 2 fully saturated rings. The molecule has 10 heteroatoms. The van der Waals surface area contributed by atoms with E-state index in [9.17, 15) is 9.59 Å². The second-order valence-corrected chi connectivity index (χ2v) is 11.9. The molecule has 1 aromatic heterocycles. The Morgan fingerprint density at radius 3 is 2.37 bits per heavy atom. The van der Waals surface area contributed by atoms with Gasteiger partial charge in [-0.1, -0.05) is 29.8 Å². The van der Waals surface area contributed by atoms with Gasteiger partial charge in [0.25, 0.3) is 11.8 Å². The molecule has 38 heavy (non-hydrogen) atoms. The monoisotopic (exact) mass is 586 g/mol. The molecule has 0 unspecified atom stereocenters. The van der Waals surface area contributed by atoms with Crippen LogP contribution in [0.2, 0.25) is 0 Å². The van der Waals surface area contributed by atoms with Crippen LogP contribution < -0.4 is 16.0 Å². The van der Waals surface area contributed by atoms with Gasteiger partial charge in [0, 0.05) is 63.2 Å². The standard InChI is InChI=1S/C28H39BrN6O3/c1-17-14-35(15-18(2)38-17)27(37)22-10-20(29)11-23(31-6)25(22)33-24-16-34(8-7-28(24,3)4)26(36)19-9-21(30-5)13-32-12-19/h9-13,17-18,24,30-31,33H,7-8,14-16H2,1-6H3/t17-,18+,24-/m0/s1. The number of hydrogen-bond donors (Lipinski definition) is 3. The zero-order chi connectivity index (χ0) is 27.6. The van der Waals surface area contributed by atoms with Crippen LogP contribution in [0.5, 0.6) is 0 Å². The van der Waals surface area contributed by atoms with Crippen molar-refractivity contribution < 1.29 is 14.3 Å². The first-order valence-electron chi connectivity index (χ1n) is 13.2. The van der Waals surface area contributed by atoms with Crippen LogP contribution in [-0.4, -0.2) is 85.1 Å². The van der Waals surface area contributed by atoms with Crippen LogP contribution in [0.25, 0.3) is 0 Å². The van der Waals surface area contributed by atoms with Crippen LogP contribution >= 0.6 is 15.9 Å². The summed E-state index contributed by atoms with van der Waals surface area (Å²) in [6.45, 7) is 10.7. The van der Waals surface area contributed by atoms with E-state index >= 15 is 0 Å². The first kappa shape index (κ1) is 28.2. The molecule has 0 aliphatic carbocycles. The minimum absolute atomic E-state index is 0.0252. The van der Waals surface area contributed by atoms with Crippen molar-refractivity contribution in [2.24, 2.45) is 5.41 Å². The van der Waals surface area contributed by atoms with Gasteiger partial charge in [0.05, 0.1) is 40.4 Å². The van der Waals surface area contributed by atoms with Crippen molar-refractivity contribution in [2.45, 2.75) is 52.4 Å². The summed E-state index contributed by atoms with van der Waals surface area (Å²) in [5, 5.41) is 10.0. The first-order chi connectivity index (χ1) is 18.0. The molecule has 0 saturated carbocycles. The molecular formula is C28H39BrN6O3. The van der Waals surface area contributed by atoms with Gasteiger partial charge in [-0.2, -0.15) is 0 Å². The number of carbonyl (C=O) groups excluding carboxylic acids is 2. The fourth-order valence-electron chi connectivity index (χ4n) is 5.27. The highest BCUT2D eigenvalue weighted by Gasteiger charge is 2.39. The molecule has 2 aliphatic heterocycles. The van der Waals surface area contributed by atoms with Gasteiger partial charge in [-0.05, 0) is 43.9 Å². The van der Waals surface area contributed by atoms with Gasteiger partial charge in [-0.15, -0.1) is 0 Å². The number of benzene rings is 1. The molecule has 0 bridgehead atoms. The predicted octanol–water partition coefficient (Wildman–Crippen LogP) is 4.53. The molecule has 2 aromatic rings. The summed E-state index contributed by atoms with van der Waals surface area (Å²) < 4.78 is 6.68. The van der Waals surface area contributed by atoms with Crippen LogP contribution in [0.4, 0.5) is 17.1 Å². The van der Waals surface area contributed by atoms with E-state index in [1.54, 1.807) is 12.4 Å². The summed E-state index contributed by atoms with van der Waals surface area (Å²) in [4.78, 5) is 35.2. The third kappa shape index (κ3) is 6.07. The van der Waals surface area contributed by atoms with Crippen molar-refractivity contribution >= 4 is 44.8 Å². The van der Waals surface area contributed by atoms with Gasteiger partial charge in [0.1, 0.15) is 0 Å². The Morgan fingerprint density at radius 1 is 1.00 bits per heavy atom. The SMILES string of the molecule is CNc1cncc(C(=O)N2CCC(C)(C)[C@@H](Nc3c(NC)cc(Br)cc3C(=O)N3C[C@@H](C)O[C@@H](C)C3)C2)c1. The number of nitrogens with one attached hydrogen (secondary N) is 3.